The van der Waals surface area contributed by atoms with Gasteiger partial charge in [-0.1, -0.05) is 11.8 Å². The molecule has 1 fully saturated rings. The number of nitrogens with two attached hydrogens (primary N) is 1. The Balaban J connectivity index is 0.000000187. The summed E-state index contributed by atoms with van der Waals surface area (Å²) in [6.07, 6.45) is 0.250. The minimum absolute atomic E-state index is 0.250. The molecule has 9 heavy (non-hydrogen) atoms. The molecule has 0 aromatic carbocycles. The van der Waals surface area contributed by atoms with Gasteiger partial charge in [-0.3, -0.25) is 10.2 Å². The summed E-state index contributed by atoms with van der Waals surface area (Å²) in [5, 5.41) is 7.16. The number of thioether (sulfide) groups is 1. The zero-order valence-electron chi connectivity index (χ0n) is 4.79. The van der Waals surface area contributed by atoms with Gasteiger partial charge in [0, 0.05) is 5.75 Å². The molecule has 1 saturated heterocycles. The smallest absolute Gasteiger partial charge is 0.243 e. The largest absolute Gasteiger partial charge is 0.472 e. The van der Waals surface area contributed by atoms with Crippen molar-refractivity contribution in [3.05, 3.63) is 0 Å². The molecule has 0 aromatic rings. The van der Waals surface area contributed by atoms with E-state index in [-0.39, 0.29) is 6.41 Å². The van der Waals surface area contributed by atoms with Crippen molar-refractivity contribution < 1.29 is 9.53 Å². The molecule has 0 aliphatic carbocycles. The summed E-state index contributed by atoms with van der Waals surface area (Å²) in [5.74, 6) is 0.957. The van der Waals surface area contributed by atoms with Crippen LogP contribution >= 0.6 is 11.8 Å². The SMILES string of the molecule is N=C1OCCS1.NC=O. The van der Waals surface area contributed by atoms with Gasteiger partial charge in [0.05, 0.1) is 0 Å². The van der Waals surface area contributed by atoms with Crippen molar-refractivity contribution in [2.75, 3.05) is 12.4 Å². The number of primary amides is 1. The minimum atomic E-state index is 0.250. The Morgan fingerprint density at radius 2 is 2.44 bits per heavy atom. The Morgan fingerprint density at radius 3 is 2.56 bits per heavy atom. The number of ether oxygens (including phenoxy) is 1. The Hall–Kier alpha value is -0.710. The zero-order chi connectivity index (χ0) is 7.11. The second-order valence-corrected chi connectivity index (χ2v) is 2.19. The maximum Gasteiger partial charge on any atom is 0.243 e. The van der Waals surface area contributed by atoms with E-state index in [0.29, 0.717) is 5.23 Å². The molecule has 0 saturated carbocycles. The summed E-state index contributed by atoms with van der Waals surface area (Å²) in [7, 11) is 0. The molecule has 0 unspecified atom stereocenters. The molecule has 1 heterocycles. The third-order valence-corrected chi connectivity index (χ3v) is 1.30. The molecule has 52 valence electrons. The molecular weight excluding hydrogens is 140 g/mol. The van der Waals surface area contributed by atoms with Gasteiger partial charge in [-0.05, 0) is 0 Å². The van der Waals surface area contributed by atoms with Gasteiger partial charge in [-0.2, -0.15) is 0 Å². The molecule has 0 aromatic heterocycles. The lowest BCUT2D eigenvalue weighted by Crippen LogP contribution is -1.84. The van der Waals surface area contributed by atoms with E-state index in [0.717, 1.165) is 12.4 Å². The van der Waals surface area contributed by atoms with Crippen molar-refractivity contribution in [2.45, 2.75) is 0 Å². The lowest BCUT2D eigenvalue weighted by Gasteiger charge is -1.83. The number of rotatable bonds is 0. The maximum atomic E-state index is 8.58. The molecule has 0 atom stereocenters. The second kappa shape index (κ2) is 5.43. The first-order chi connectivity index (χ1) is 4.31. The van der Waals surface area contributed by atoms with E-state index >= 15 is 0 Å². The van der Waals surface area contributed by atoms with E-state index in [1.807, 2.05) is 0 Å². The number of hydrogen-bond acceptors (Lipinski definition) is 4. The Morgan fingerprint density at radius 1 is 1.89 bits per heavy atom. The third kappa shape index (κ3) is 5.16. The summed E-state index contributed by atoms with van der Waals surface area (Å²) in [4.78, 5) is 8.58. The van der Waals surface area contributed by atoms with E-state index in [1.165, 1.54) is 11.8 Å². The topological polar surface area (TPSA) is 76.2 Å². The molecular formula is C4H8N2O2S. The van der Waals surface area contributed by atoms with E-state index in [1.54, 1.807) is 0 Å². The minimum Gasteiger partial charge on any atom is -0.472 e. The lowest BCUT2D eigenvalue weighted by molar-refractivity contribution is -0.106. The summed E-state index contributed by atoms with van der Waals surface area (Å²) in [6.45, 7) is 0.726. The Bertz CT molecular complexity index is 98.7. The number of carbonyl (C=O) groups excluding carboxylic acids is 1. The normalized spacial score (nSPS) is 15.3. The van der Waals surface area contributed by atoms with Crippen LogP contribution in [-0.4, -0.2) is 24.0 Å². The van der Waals surface area contributed by atoms with Crippen molar-refractivity contribution in [1.82, 2.24) is 0 Å². The fourth-order valence-corrected chi connectivity index (χ4v) is 0.829. The van der Waals surface area contributed by atoms with E-state index in [9.17, 15) is 0 Å². The van der Waals surface area contributed by atoms with Gasteiger partial charge >= 0.3 is 0 Å². The van der Waals surface area contributed by atoms with Gasteiger partial charge in [0.1, 0.15) is 6.61 Å². The first kappa shape index (κ1) is 8.29. The fourth-order valence-electron chi connectivity index (χ4n) is 0.310. The highest BCUT2D eigenvalue weighted by molar-refractivity contribution is 8.13. The molecule has 1 amide bonds. The van der Waals surface area contributed by atoms with Crippen LogP contribution < -0.4 is 5.73 Å². The van der Waals surface area contributed by atoms with Crippen LogP contribution in [0.3, 0.4) is 0 Å². The highest BCUT2D eigenvalue weighted by Gasteiger charge is 2.04. The Labute approximate surface area is 57.3 Å². The summed E-state index contributed by atoms with van der Waals surface area (Å²) < 4.78 is 4.70. The molecule has 1 aliphatic rings. The van der Waals surface area contributed by atoms with Crippen molar-refractivity contribution in [3.63, 3.8) is 0 Å². The van der Waals surface area contributed by atoms with Gasteiger partial charge in [0.25, 0.3) is 0 Å². The van der Waals surface area contributed by atoms with Crippen LogP contribution in [0.2, 0.25) is 0 Å². The molecule has 0 spiro atoms. The lowest BCUT2D eigenvalue weighted by atomic mass is 10.9. The number of nitrogens with one attached hydrogen (secondary N) is 1. The molecule has 5 heteroatoms. The summed E-state index contributed by atoms with van der Waals surface area (Å²) >= 11 is 1.46. The molecule has 0 radical (unpaired) electrons. The Kier molecular flexibility index (Phi) is 5.00. The van der Waals surface area contributed by atoms with Crippen LogP contribution in [0, 0.1) is 5.41 Å². The van der Waals surface area contributed by atoms with Gasteiger partial charge < -0.3 is 10.5 Å². The van der Waals surface area contributed by atoms with Gasteiger partial charge in [0.15, 0.2) is 0 Å². The average molecular weight is 148 g/mol. The molecule has 0 bridgehead atoms. The third-order valence-electron chi connectivity index (χ3n) is 0.550. The first-order valence-electron chi connectivity index (χ1n) is 2.30. The van der Waals surface area contributed by atoms with Crippen LogP contribution in [0.1, 0.15) is 0 Å². The quantitative estimate of drug-likeness (QED) is 0.466. The predicted octanol–water partition coefficient (Wildman–Crippen LogP) is -0.214. The van der Waals surface area contributed by atoms with Crippen LogP contribution in [-0.2, 0) is 9.53 Å². The second-order valence-electron chi connectivity index (χ2n) is 1.12. The average Bonchev–Trinajstić information content (AvgIpc) is 2.20. The summed E-state index contributed by atoms with van der Waals surface area (Å²) in [6, 6.07) is 0. The zero-order valence-corrected chi connectivity index (χ0v) is 5.61. The van der Waals surface area contributed by atoms with Crippen molar-refractivity contribution in [1.29, 1.82) is 5.41 Å². The number of hydrogen-bond donors (Lipinski definition) is 2. The van der Waals surface area contributed by atoms with E-state index < -0.39 is 0 Å². The highest BCUT2D eigenvalue weighted by atomic mass is 32.2. The van der Waals surface area contributed by atoms with Crippen LogP contribution in [0.15, 0.2) is 0 Å². The maximum absolute atomic E-state index is 8.58. The molecule has 1 aliphatic heterocycles. The van der Waals surface area contributed by atoms with Crippen molar-refractivity contribution >= 4 is 23.4 Å². The molecule has 3 N–H and O–H groups in total. The van der Waals surface area contributed by atoms with Gasteiger partial charge in [0.2, 0.25) is 11.6 Å². The standard InChI is InChI=1S/C3H5NOS.CH3NO/c4-3-5-1-2-6-3;2-1-3/h4H,1-2H2;1H,(H2,2,3). The van der Waals surface area contributed by atoms with Crippen LogP contribution in [0.5, 0.6) is 0 Å². The first-order valence-corrected chi connectivity index (χ1v) is 3.29. The van der Waals surface area contributed by atoms with Crippen LogP contribution in [0.25, 0.3) is 0 Å². The van der Waals surface area contributed by atoms with Gasteiger partial charge in [-0.15, -0.1) is 0 Å². The van der Waals surface area contributed by atoms with Crippen LogP contribution in [0.4, 0.5) is 0 Å². The monoisotopic (exact) mass is 148 g/mol. The summed E-state index contributed by atoms with van der Waals surface area (Å²) in [5.41, 5.74) is 4.17. The predicted molar refractivity (Wildman–Crippen MR) is 36.4 cm³/mol. The van der Waals surface area contributed by atoms with Crippen molar-refractivity contribution in [3.8, 4) is 0 Å². The molecule has 4 nitrogen and oxygen atoms in total. The van der Waals surface area contributed by atoms with E-state index in [4.69, 9.17) is 14.9 Å². The van der Waals surface area contributed by atoms with Crippen molar-refractivity contribution in [2.24, 2.45) is 5.73 Å². The highest BCUT2D eigenvalue weighted by Crippen LogP contribution is 2.09. The number of amides is 1. The van der Waals surface area contributed by atoms with E-state index in [2.05, 4.69) is 5.73 Å². The van der Waals surface area contributed by atoms with Gasteiger partial charge in [-0.25, -0.2) is 0 Å². The fraction of sp³-hybridized carbons (Fsp3) is 0.500. The number of carbonyl (C=O) groups is 1. The molecule has 1 rings (SSSR count).